The quantitative estimate of drug-likeness (QED) is 0.519. The molecule has 7 heteroatoms. The van der Waals surface area contributed by atoms with Crippen molar-refractivity contribution in [2.24, 2.45) is 0 Å². The normalized spacial score (nSPS) is 14.0. The molecule has 1 saturated carbocycles. The van der Waals surface area contributed by atoms with Crippen LogP contribution in [0, 0.1) is 10.1 Å². The summed E-state index contributed by atoms with van der Waals surface area (Å²) in [6.45, 7) is 0.444. The molecule has 21 heavy (non-hydrogen) atoms. The fourth-order valence-corrected chi connectivity index (χ4v) is 2.28. The van der Waals surface area contributed by atoms with E-state index in [1.807, 2.05) is 30.3 Å². The largest absolute Gasteiger partial charge is 0.360 e. The molecule has 1 N–H and O–H groups in total. The van der Waals surface area contributed by atoms with Gasteiger partial charge >= 0.3 is 5.69 Å². The van der Waals surface area contributed by atoms with Crippen molar-refractivity contribution in [1.82, 2.24) is 9.97 Å². The van der Waals surface area contributed by atoms with Gasteiger partial charge in [-0.15, -0.1) is 0 Å². The second kappa shape index (κ2) is 5.65. The van der Waals surface area contributed by atoms with Crippen LogP contribution in [0.5, 0.6) is 0 Å². The minimum atomic E-state index is -0.549. The Kier molecular flexibility index (Phi) is 3.70. The summed E-state index contributed by atoms with van der Waals surface area (Å²) in [6.07, 6.45) is 2.01. The molecule has 6 nitrogen and oxygen atoms in total. The third kappa shape index (κ3) is 3.11. The Morgan fingerprint density at radius 1 is 1.29 bits per heavy atom. The molecule has 1 aliphatic rings. The van der Waals surface area contributed by atoms with Gasteiger partial charge < -0.3 is 5.32 Å². The monoisotopic (exact) mass is 304 g/mol. The number of nitrogens with one attached hydrogen (secondary N) is 1. The predicted octanol–water partition coefficient (Wildman–Crippen LogP) is 3.53. The summed E-state index contributed by atoms with van der Waals surface area (Å²) in [4.78, 5) is 18.9. The maximum absolute atomic E-state index is 11.2. The molecule has 1 aromatic carbocycles. The van der Waals surface area contributed by atoms with E-state index in [0.717, 1.165) is 18.4 Å². The van der Waals surface area contributed by atoms with E-state index in [0.29, 0.717) is 12.4 Å². The summed E-state index contributed by atoms with van der Waals surface area (Å²) < 4.78 is 0. The van der Waals surface area contributed by atoms with Crippen molar-refractivity contribution < 1.29 is 4.92 Å². The molecule has 0 atom stereocenters. The topological polar surface area (TPSA) is 81.0 Å². The van der Waals surface area contributed by atoms with E-state index < -0.39 is 4.92 Å². The average Bonchev–Trinajstić information content (AvgIpc) is 3.29. The van der Waals surface area contributed by atoms with Crippen LogP contribution in [0.2, 0.25) is 5.15 Å². The zero-order valence-electron chi connectivity index (χ0n) is 11.1. The first kappa shape index (κ1) is 13.8. The molecule has 0 saturated heterocycles. The SMILES string of the molecule is O=[N+]([O-])c1c(Cl)nc(C2CC2)nc1NCc1ccccc1. The first-order valence-corrected chi connectivity index (χ1v) is 7.02. The van der Waals surface area contributed by atoms with Crippen LogP contribution < -0.4 is 5.32 Å². The number of hydrogen-bond acceptors (Lipinski definition) is 5. The van der Waals surface area contributed by atoms with E-state index in [2.05, 4.69) is 15.3 Å². The maximum Gasteiger partial charge on any atom is 0.348 e. The highest BCUT2D eigenvalue weighted by molar-refractivity contribution is 6.31. The molecule has 0 bridgehead atoms. The standard InChI is InChI=1S/C14H13ClN4O2/c15-12-11(19(20)21)14(18-13(17-12)10-6-7-10)16-8-9-4-2-1-3-5-9/h1-5,10H,6-8H2,(H,16,17,18). The average molecular weight is 305 g/mol. The van der Waals surface area contributed by atoms with Gasteiger partial charge in [0.05, 0.1) is 4.92 Å². The number of hydrogen-bond donors (Lipinski definition) is 1. The van der Waals surface area contributed by atoms with Crippen molar-refractivity contribution in [3.8, 4) is 0 Å². The molecule has 3 rings (SSSR count). The molecule has 0 radical (unpaired) electrons. The van der Waals surface area contributed by atoms with Crippen LogP contribution >= 0.6 is 11.6 Å². The number of rotatable bonds is 5. The number of aromatic nitrogens is 2. The van der Waals surface area contributed by atoms with Crippen LogP contribution in [0.25, 0.3) is 0 Å². The summed E-state index contributed by atoms with van der Waals surface area (Å²) in [6, 6.07) is 9.60. The van der Waals surface area contributed by atoms with Crippen molar-refractivity contribution >= 4 is 23.1 Å². The lowest BCUT2D eigenvalue weighted by molar-refractivity contribution is -0.384. The van der Waals surface area contributed by atoms with E-state index in [9.17, 15) is 10.1 Å². The van der Waals surface area contributed by atoms with E-state index in [1.54, 1.807) is 0 Å². The Bertz CT molecular complexity index is 674. The summed E-state index contributed by atoms with van der Waals surface area (Å²) in [5.74, 6) is 1.05. The van der Waals surface area contributed by atoms with Crippen LogP contribution in [0.15, 0.2) is 30.3 Å². The third-order valence-electron chi connectivity index (χ3n) is 3.29. The highest BCUT2D eigenvalue weighted by Crippen LogP contribution is 2.41. The lowest BCUT2D eigenvalue weighted by Crippen LogP contribution is -2.08. The molecule has 108 valence electrons. The van der Waals surface area contributed by atoms with Gasteiger partial charge in [-0.1, -0.05) is 41.9 Å². The van der Waals surface area contributed by atoms with Crippen LogP contribution in [0.1, 0.15) is 30.1 Å². The van der Waals surface area contributed by atoms with Crippen LogP contribution in [-0.4, -0.2) is 14.9 Å². The van der Waals surface area contributed by atoms with Crippen molar-refractivity contribution in [2.75, 3.05) is 5.32 Å². The van der Waals surface area contributed by atoms with Crippen LogP contribution in [0.4, 0.5) is 11.5 Å². The maximum atomic E-state index is 11.2. The Hall–Kier alpha value is -2.21. The Balaban J connectivity index is 1.89. The van der Waals surface area contributed by atoms with Crippen molar-refractivity contribution in [1.29, 1.82) is 0 Å². The zero-order chi connectivity index (χ0) is 14.8. The second-order valence-corrected chi connectivity index (χ2v) is 5.30. The Morgan fingerprint density at radius 2 is 2.00 bits per heavy atom. The lowest BCUT2D eigenvalue weighted by Gasteiger charge is -2.08. The summed E-state index contributed by atoms with van der Waals surface area (Å²) in [5.41, 5.74) is 0.742. The molecule has 1 aliphatic carbocycles. The first-order chi connectivity index (χ1) is 10.1. The van der Waals surface area contributed by atoms with Gasteiger partial charge in [-0.3, -0.25) is 10.1 Å². The van der Waals surface area contributed by atoms with Gasteiger partial charge in [0.1, 0.15) is 5.82 Å². The Labute approximate surface area is 126 Å². The van der Waals surface area contributed by atoms with E-state index in [4.69, 9.17) is 11.6 Å². The molecule has 1 aromatic heterocycles. The summed E-state index contributed by atoms with van der Waals surface area (Å²) in [7, 11) is 0. The molecule has 1 fully saturated rings. The van der Waals surface area contributed by atoms with Crippen molar-refractivity contribution in [3.63, 3.8) is 0 Å². The number of nitro groups is 1. The van der Waals surface area contributed by atoms with Gasteiger partial charge in [-0.25, -0.2) is 9.97 Å². The van der Waals surface area contributed by atoms with E-state index in [1.165, 1.54) is 0 Å². The van der Waals surface area contributed by atoms with Gasteiger partial charge in [0.2, 0.25) is 11.0 Å². The fourth-order valence-electron chi connectivity index (χ4n) is 2.03. The highest BCUT2D eigenvalue weighted by Gasteiger charge is 2.31. The van der Waals surface area contributed by atoms with Gasteiger partial charge in [0.25, 0.3) is 0 Å². The molecule has 0 spiro atoms. The molecule has 0 amide bonds. The van der Waals surface area contributed by atoms with Gasteiger partial charge in [-0.2, -0.15) is 0 Å². The lowest BCUT2D eigenvalue weighted by atomic mass is 10.2. The van der Waals surface area contributed by atoms with E-state index >= 15 is 0 Å². The molecular weight excluding hydrogens is 292 g/mol. The van der Waals surface area contributed by atoms with Gasteiger partial charge in [-0.05, 0) is 18.4 Å². The Morgan fingerprint density at radius 3 is 2.62 bits per heavy atom. The summed E-state index contributed by atoms with van der Waals surface area (Å²) in [5, 5.41) is 14.0. The first-order valence-electron chi connectivity index (χ1n) is 6.65. The van der Waals surface area contributed by atoms with Crippen molar-refractivity contribution in [3.05, 3.63) is 57.0 Å². The van der Waals surface area contributed by atoms with E-state index in [-0.39, 0.29) is 22.6 Å². The smallest absolute Gasteiger partial charge is 0.348 e. The fraction of sp³-hybridized carbons (Fsp3) is 0.286. The van der Waals surface area contributed by atoms with Crippen LogP contribution in [-0.2, 0) is 6.54 Å². The highest BCUT2D eigenvalue weighted by atomic mass is 35.5. The summed E-state index contributed by atoms with van der Waals surface area (Å²) >= 11 is 5.95. The minimum absolute atomic E-state index is 0.104. The number of benzene rings is 1. The van der Waals surface area contributed by atoms with Crippen LogP contribution in [0.3, 0.4) is 0 Å². The van der Waals surface area contributed by atoms with Gasteiger partial charge in [0, 0.05) is 12.5 Å². The number of anilines is 1. The predicted molar refractivity (Wildman–Crippen MR) is 79.4 cm³/mol. The van der Waals surface area contributed by atoms with Gasteiger partial charge in [0.15, 0.2) is 0 Å². The second-order valence-electron chi connectivity index (χ2n) is 4.94. The molecule has 0 aliphatic heterocycles. The number of nitrogens with zero attached hydrogens (tertiary/aromatic N) is 3. The molecule has 0 unspecified atom stereocenters. The molecular formula is C14H13ClN4O2. The zero-order valence-corrected chi connectivity index (χ0v) is 11.9. The number of halogens is 1. The van der Waals surface area contributed by atoms with Crippen molar-refractivity contribution in [2.45, 2.75) is 25.3 Å². The molecule has 2 aromatic rings. The third-order valence-corrected chi connectivity index (χ3v) is 3.55. The minimum Gasteiger partial charge on any atom is -0.360 e. The molecule has 1 heterocycles.